The summed E-state index contributed by atoms with van der Waals surface area (Å²) in [6.45, 7) is 2.57. The van der Waals surface area contributed by atoms with Gasteiger partial charge in [0, 0.05) is 32.1 Å². The number of hydrogen-bond donors (Lipinski definition) is 1. The number of alkyl halides is 3. The Morgan fingerprint density at radius 3 is 2.67 bits per heavy atom. The average molecular weight is 458 g/mol. The second-order valence-corrected chi connectivity index (χ2v) is 7.60. The predicted molar refractivity (Wildman–Crippen MR) is 118 cm³/mol. The summed E-state index contributed by atoms with van der Waals surface area (Å²) in [5.41, 5.74) is 0.493. The van der Waals surface area contributed by atoms with Gasteiger partial charge in [0.05, 0.1) is 10.9 Å². The van der Waals surface area contributed by atoms with Crippen molar-refractivity contribution < 1.29 is 22.7 Å². The third-order valence-corrected chi connectivity index (χ3v) is 5.30. The van der Waals surface area contributed by atoms with Crippen molar-refractivity contribution in [2.75, 3.05) is 19.0 Å². The molecule has 172 valence electrons. The number of hydrogen-bond acceptors (Lipinski definition) is 4. The van der Waals surface area contributed by atoms with E-state index in [1.54, 1.807) is 23.9 Å². The van der Waals surface area contributed by atoms with Crippen molar-refractivity contribution in [3.8, 4) is 0 Å². The minimum atomic E-state index is -4.54. The molecule has 0 atom stereocenters. The topological polar surface area (TPSA) is 77.6 Å². The van der Waals surface area contributed by atoms with Crippen LogP contribution < -0.4 is 10.9 Å². The Labute approximate surface area is 186 Å². The Morgan fingerprint density at radius 1 is 1.15 bits per heavy atom. The molecule has 4 rings (SSSR count). The lowest BCUT2D eigenvalue weighted by molar-refractivity contribution is -0.137. The molecule has 0 saturated carbocycles. The highest BCUT2D eigenvalue weighted by atomic mass is 19.4. The highest BCUT2D eigenvalue weighted by Crippen LogP contribution is 2.31. The van der Waals surface area contributed by atoms with E-state index in [0.29, 0.717) is 30.9 Å². The summed E-state index contributed by atoms with van der Waals surface area (Å²) in [6.07, 6.45) is -2.40. The molecule has 1 aromatic carbocycles. The number of anilines is 1. The Hall–Kier alpha value is -3.66. The molecule has 3 aromatic heterocycles. The Morgan fingerprint density at radius 2 is 1.94 bits per heavy atom. The van der Waals surface area contributed by atoms with Gasteiger partial charge in [-0.2, -0.15) is 13.2 Å². The van der Waals surface area contributed by atoms with Crippen LogP contribution in [-0.4, -0.2) is 33.6 Å². The fourth-order valence-corrected chi connectivity index (χ4v) is 3.71. The fraction of sp³-hybridized carbons (Fsp3) is 0.261. The number of nitrogens with zero attached hydrogens (tertiary/aromatic N) is 3. The molecule has 1 N–H and O–H groups in total. The van der Waals surface area contributed by atoms with Crippen molar-refractivity contribution in [1.29, 1.82) is 0 Å². The second kappa shape index (κ2) is 8.70. The van der Waals surface area contributed by atoms with Gasteiger partial charge in [-0.15, -0.1) is 0 Å². The second-order valence-electron chi connectivity index (χ2n) is 7.60. The molecular weight excluding hydrogens is 437 g/mol. The number of halogens is 3. The van der Waals surface area contributed by atoms with Gasteiger partial charge in [0.25, 0.3) is 11.5 Å². The maximum Gasteiger partial charge on any atom is 0.416 e. The molecule has 0 aliphatic heterocycles. The van der Waals surface area contributed by atoms with Gasteiger partial charge in [-0.3, -0.25) is 14.0 Å². The maximum absolute atomic E-state index is 13.1. The third-order valence-electron chi connectivity index (χ3n) is 5.30. The molecule has 0 saturated heterocycles. The Bertz CT molecular complexity index is 1410. The van der Waals surface area contributed by atoms with E-state index in [2.05, 4.69) is 10.3 Å². The van der Waals surface area contributed by atoms with Crippen molar-refractivity contribution in [1.82, 2.24) is 14.0 Å². The quantitative estimate of drug-likeness (QED) is 0.438. The zero-order chi connectivity index (χ0) is 23.8. The molecule has 0 bridgehead atoms. The first kappa shape index (κ1) is 22.5. The number of carbonyl (C=O) groups is 1. The van der Waals surface area contributed by atoms with Gasteiger partial charge in [0.2, 0.25) is 0 Å². The minimum Gasteiger partial charge on any atom is -0.385 e. The lowest BCUT2D eigenvalue weighted by Gasteiger charge is -2.12. The number of aromatic nitrogens is 3. The van der Waals surface area contributed by atoms with E-state index in [1.807, 2.05) is 13.0 Å². The summed E-state index contributed by atoms with van der Waals surface area (Å²) in [7, 11) is 1.55. The lowest BCUT2D eigenvalue weighted by Crippen LogP contribution is -2.19. The number of carbonyl (C=O) groups excluding carboxylic acids is 1. The van der Waals surface area contributed by atoms with Crippen molar-refractivity contribution in [2.24, 2.45) is 0 Å². The fourth-order valence-electron chi connectivity index (χ4n) is 3.71. The number of benzene rings is 1. The average Bonchev–Trinajstić information content (AvgIpc) is 3.14. The van der Waals surface area contributed by atoms with Gasteiger partial charge in [-0.25, -0.2) is 4.98 Å². The van der Waals surface area contributed by atoms with Gasteiger partial charge in [-0.1, -0.05) is 12.1 Å². The molecule has 1 amide bonds. The zero-order valence-corrected chi connectivity index (χ0v) is 17.9. The number of rotatable bonds is 6. The van der Waals surface area contributed by atoms with Crippen LogP contribution >= 0.6 is 0 Å². The van der Waals surface area contributed by atoms with Crippen molar-refractivity contribution in [3.05, 3.63) is 75.8 Å². The van der Waals surface area contributed by atoms with Crippen molar-refractivity contribution in [2.45, 2.75) is 26.1 Å². The first-order valence-electron chi connectivity index (χ1n) is 10.2. The first-order chi connectivity index (χ1) is 15.7. The molecule has 3 heterocycles. The number of nitrogens with one attached hydrogen (secondary N) is 1. The third kappa shape index (κ3) is 4.34. The molecule has 0 spiro atoms. The maximum atomic E-state index is 13.1. The number of methoxy groups -OCH3 is 1. The summed E-state index contributed by atoms with van der Waals surface area (Å²) in [6, 6.07) is 9.36. The van der Waals surface area contributed by atoms with Crippen LogP contribution in [0.3, 0.4) is 0 Å². The van der Waals surface area contributed by atoms with E-state index in [4.69, 9.17) is 4.74 Å². The number of amides is 1. The molecule has 0 unspecified atom stereocenters. The van der Waals surface area contributed by atoms with E-state index in [0.717, 1.165) is 17.7 Å². The summed E-state index contributed by atoms with van der Waals surface area (Å²) < 4.78 is 47.2. The summed E-state index contributed by atoms with van der Waals surface area (Å²) >= 11 is 0. The van der Waals surface area contributed by atoms with E-state index in [1.165, 1.54) is 22.6 Å². The molecule has 0 fully saturated rings. The largest absolute Gasteiger partial charge is 0.416 e. The van der Waals surface area contributed by atoms with E-state index in [-0.39, 0.29) is 22.3 Å². The van der Waals surface area contributed by atoms with Gasteiger partial charge in [0.15, 0.2) is 0 Å². The van der Waals surface area contributed by atoms with Crippen LogP contribution in [-0.2, 0) is 17.5 Å². The SMILES string of the molecule is COCCCn1c(C(=O)Nc2cccc(C(F)(F)F)c2)cc2c(=O)n3cccc(C)c3nc21. The van der Waals surface area contributed by atoms with Crippen LogP contribution in [0.5, 0.6) is 0 Å². The smallest absolute Gasteiger partial charge is 0.385 e. The molecule has 7 nitrogen and oxygen atoms in total. The van der Waals surface area contributed by atoms with Crippen LogP contribution in [0.1, 0.15) is 28.0 Å². The molecule has 0 radical (unpaired) electrons. The summed E-state index contributed by atoms with van der Waals surface area (Å²) in [4.78, 5) is 30.8. The molecule has 0 aliphatic carbocycles. The highest BCUT2D eigenvalue weighted by Gasteiger charge is 2.30. The molecule has 33 heavy (non-hydrogen) atoms. The van der Waals surface area contributed by atoms with E-state index < -0.39 is 17.6 Å². The van der Waals surface area contributed by atoms with E-state index >= 15 is 0 Å². The Balaban J connectivity index is 1.82. The van der Waals surface area contributed by atoms with Crippen LogP contribution in [0.15, 0.2) is 53.5 Å². The Kier molecular flexibility index (Phi) is 5.94. The minimum absolute atomic E-state index is 0.00536. The molecular formula is C23H21F3N4O3. The number of pyridine rings is 1. The van der Waals surface area contributed by atoms with Gasteiger partial charge in [0.1, 0.15) is 17.0 Å². The number of ether oxygens (including phenoxy) is 1. The predicted octanol–water partition coefficient (Wildman–Crippen LogP) is 4.27. The van der Waals surface area contributed by atoms with Crippen molar-refractivity contribution >= 4 is 28.3 Å². The van der Waals surface area contributed by atoms with Crippen LogP contribution in [0, 0.1) is 6.92 Å². The number of fused-ring (bicyclic) bond motifs is 2. The highest BCUT2D eigenvalue weighted by molar-refractivity contribution is 6.06. The summed E-state index contributed by atoms with van der Waals surface area (Å²) in [5, 5.41) is 2.75. The molecule has 0 aliphatic rings. The van der Waals surface area contributed by atoms with Crippen LogP contribution in [0.4, 0.5) is 18.9 Å². The van der Waals surface area contributed by atoms with Crippen LogP contribution in [0.2, 0.25) is 0 Å². The zero-order valence-electron chi connectivity index (χ0n) is 17.9. The van der Waals surface area contributed by atoms with Gasteiger partial charge >= 0.3 is 6.18 Å². The van der Waals surface area contributed by atoms with Crippen LogP contribution in [0.25, 0.3) is 16.7 Å². The first-order valence-corrected chi connectivity index (χ1v) is 10.2. The normalized spacial score (nSPS) is 11.9. The lowest BCUT2D eigenvalue weighted by atomic mass is 10.2. The number of aryl methyl sites for hydroxylation is 2. The molecule has 10 heteroatoms. The van der Waals surface area contributed by atoms with Gasteiger partial charge in [-0.05, 0) is 49.2 Å². The van der Waals surface area contributed by atoms with Crippen molar-refractivity contribution in [3.63, 3.8) is 0 Å². The molecule has 4 aromatic rings. The van der Waals surface area contributed by atoms with E-state index in [9.17, 15) is 22.8 Å². The van der Waals surface area contributed by atoms with Gasteiger partial charge < -0.3 is 14.6 Å². The summed E-state index contributed by atoms with van der Waals surface area (Å²) in [5.74, 6) is -0.644. The monoisotopic (exact) mass is 458 g/mol. The standard InChI is InChI=1S/C23H21F3N4O3/c1-14-6-4-9-30-19(14)28-20-17(22(30)32)13-18(29(20)10-5-11-33-2)21(31)27-16-8-3-7-15(12-16)23(24,25)26/h3-4,6-9,12-13H,5,10-11H2,1-2H3,(H,27,31).